The van der Waals surface area contributed by atoms with E-state index in [2.05, 4.69) is 52.4 Å². The van der Waals surface area contributed by atoms with Crippen molar-refractivity contribution in [2.75, 3.05) is 5.32 Å². The van der Waals surface area contributed by atoms with Gasteiger partial charge >= 0.3 is 0 Å². The molecule has 0 aliphatic carbocycles. The lowest BCUT2D eigenvalue weighted by molar-refractivity contribution is -0.112. The van der Waals surface area contributed by atoms with Gasteiger partial charge in [-0.3, -0.25) is 4.79 Å². The molecule has 0 saturated carbocycles. The maximum Gasteiger partial charge on any atom is 0.266 e. The van der Waals surface area contributed by atoms with Gasteiger partial charge in [0, 0.05) is 11.3 Å². The molecule has 0 radical (unpaired) electrons. The highest BCUT2D eigenvalue weighted by Gasteiger charge is 2.11. The Kier molecular flexibility index (Phi) is 6.87. The highest BCUT2D eigenvalue weighted by Crippen LogP contribution is 2.30. The van der Waals surface area contributed by atoms with E-state index in [1.807, 2.05) is 54.6 Å². The summed E-state index contributed by atoms with van der Waals surface area (Å²) in [6, 6.07) is 29.0. The molecule has 0 heterocycles. The summed E-state index contributed by atoms with van der Waals surface area (Å²) < 4.78 is 6.86. The molecule has 0 atom stereocenters. The Morgan fingerprint density at radius 3 is 2.55 bits per heavy atom. The quantitative estimate of drug-likeness (QED) is 0.230. The zero-order valence-corrected chi connectivity index (χ0v) is 19.6. The number of ether oxygens (including phenoxy) is 1. The zero-order chi connectivity index (χ0) is 23.2. The van der Waals surface area contributed by atoms with Crippen LogP contribution >= 0.6 is 15.9 Å². The molecule has 0 aliphatic heterocycles. The van der Waals surface area contributed by atoms with Gasteiger partial charge in [0.25, 0.3) is 5.91 Å². The fourth-order valence-electron chi connectivity index (χ4n) is 3.55. The number of amides is 1. The summed E-state index contributed by atoms with van der Waals surface area (Å²) in [6.45, 7) is 2.52. The van der Waals surface area contributed by atoms with Gasteiger partial charge in [0.05, 0.1) is 4.47 Å². The highest BCUT2D eigenvalue weighted by atomic mass is 79.9. The summed E-state index contributed by atoms with van der Waals surface area (Å²) in [5, 5.41) is 14.6. The number of carbonyl (C=O) groups is 1. The van der Waals surface area contributed by atoms with Crippen LogP contribution in [0.1, 0.15) is 16.7 Å². The maximum atomic E-state index is 12.5. The molecule has 162 valence electrons. The third-order valence-corrected chi connectivity index (χ3v) is 5.93. The van der Waals surface area contributed by atoms with E-state index >= 15 is 0 Å². The van der Waals surface area contributed by atoms with Crippen molar-refractivity contribution in [2.45, 2.75) is 13.5 Å². The van der Waals surface area contributed by atoms with Crippen LogP contribution in [0.15, 0.2) is 95.0 Å². The van der Waals surface area contributed by atoms with Crippen LogP contribution < -0.4 is 10.1 Å². The fourth-order valence-corrected chi connectivity index (χ4v) is 4.06. The Bertz CT molecular complexity index is 1390. The Labute approximate surface area is 201 Å². The SMILES string of the molecule is Cc1ccc2ccccc2c1COc1ccc(/C=C(\C#N)C(=O)Nc2ccccc2)cc1Br. The number of carbonyl (C=O) groups excluding carboxylic acids is 1. The number of halogens is 1. The molecule has 1 amide bonds. The summed E-state index contributed by atoms with van der Waals surface area (Å²) in [5.74, 6) is 0.235. The average molecular weight is 497 g/mol. The van der Waals surface area contributed by atoms with Crippen molar-refractivity contribution in [3.8, 4) is 11.8 Å². The fraction of sp³-hybridized carbons (Fsp3) is 0.0714. The van der Waals surface area contributed by atoms with Crippen LogP contribution in [0.2, 0.25) is 0 Å². The molecular formula is C28H21BrN2O2. The molecule has 0 fully saturated rings. The Hall–Kier alpha value is -3.88. The minimum absolute atomic E-state index is 0.0193. The Balaban J connectivity index is 1.51. The molecule has 0 saturated heterocycles. The number of anilines is 1. The smallest absolute Gasteiger partial charge is 0.266 e. The summed E-state index contributed by atoms with van der Waals surface area (Å²) in [4.78, 5) is 12.5. The van der Waals surface area contributed by atoms with Gasteiger partial charge in [-0.25, -0.2) is 0 Å². The van der Waals surface area contributed by atoms with Crippen LogP contribution in [-0.2, 0) is 11.4 Å². The molecule has 0 aliphatic rings. The predicted molar refractivity (Wildman–Crippen MR) is 136 cm³/mol. The summed E-state index contributed by atoms with van der Waals surface area (Å²) in [6.07, 6.45) is 1.56. The van der Waals surface area contributed by atoms with E-state index in [1.54, 1.807) is 18.2 Å². The van der Waals surface area contributed by atoms with Crippen molar-refractivity contribution in [1.82, 2.24) is 0 Å². The molecule has 4 rings (SSSR count). The molecular weight excluding hydrogens is 476 g/mol. The van der Waals surface area contributed by atoms with Gasteiger partial charge in [0.1, 0.15) is 24.0 Å². The Morgan fingerprint density at radius 2 is 1.79 bits per heavy atom. The lowest BCUT2D eigenvalue weighted by Gasteiger charge is -2.13. The van der Waals surface area contributed by atoms with E-state index in [0.29, 0.717) is 18.0 Å². The van der Waals surface area contributed by atoms with Gasteiger partial charge in [0.15, 0.2) is 0 Å². The summed E-state index contributed by atoms with van der Waals surface area (Å²) >= 11 is 3.55. The topological polar surface area (TPSA) is 62.1 Å². The number of rotatable bonds is 6. The first-order valence-electron chi connectivity index (χ1n) is 10.4. The second kappa shape index (κ2) is 10.2. The number of para-hydroxylation sites is 1. The van der Waals surface area contributed by atoms with Gasteiger partial charge in [-0.1, -0.05) is 60.7 Å². The third kappa shape index (κ3) is 5.31. The average Bonchev–Trinajstić information content (AvgIpc) is 2.83. The minimum atomic E-state index is -0.452. The van der Waals surface area contributed by atoms with E-state index in [9.17, 15) is 10.1 Å². The van der Waals surface area contributed by atoms with Crippen LogP contribution in [-0.4, -0.2) is 5.91 Å². The molecule has 1 N–H and O–H groups in total. The molecule has 4 aromatic rings. The highest BCUT2D eigenvalue weighted by molar-refractivity contribution is 9.10. The standard InChI is InChI=1S/C28H21BrN2O2/c1-19-11-13-21-7-5-6-10-24(21)25(19)18-33-27-14-12-20(16-26(27)29)15-22(17-30)28(32)31-23-8-3-2-4-9-23/h2-16H,18H2,1H3,(H,31,32)/b22-15+. The van der Waals surface area contributed by atoms with Crippen LogP contribution in [0.5, 0.6) is 5.75 Å². The molecule has 4 nitrogen and oxygen atoms in total. The Morgan fingerprint density at radius 1 is 1.03 bits per heavy atom. The molecule has 5 heteroatoms. The van der Waals surface area contributed by atoms with E-state index < -0.39 is 5.91 Å². The number of hydrogen-bond acceptors (Lipinski definition) is 3. The van der Waals surface area contributed by atoms with Crippen molar-refractivity contribution in [2.24, 2.45) is 0 Å². The molecule has 33 heavy (non-hydrogen) atoms. The van der Waals surface area contributed by atoms with Crippen LogP contribution in [0, 0.1) is 18.3 Å². The number of nitrogens with zero attached hydrogens (tertiary/aromatic N) is 1. The summed E-state index contributed by atoms with van der Waals surface area (Å²) in [5.41, 5.74) is 3.69. The van der Waals surface area contributed by atoms with E-state index in [-0.39, 0.29) is 5.57 Å². The van der Waals surface area contributed by atoms with Gasteiger partial charge in [-0.15, -0.1) is 0 Å². The minimum Gasteiger partial charge on any atom is -0.488 e. The first-order valence-corrected chi connectivity index (χ1v) is 11.2. The summed E-state index contributed by atoms with van der Waals surface area (Å²) in [7, 11) is 0. The normalized spacial score (nSPS) is 11.1. The molecule has 0 spiro atoms. The van der Waals surface area contributed by atoms with Crippen molar-refractivity contribution in [3.63, 3.8) is 0 Å². The van der Waals surface area contributed by atoms with Crippen LogP contribution in [0.4, 0.5) is 5.69 Å². The van der Waals surface area contributed by atoms with E-state index in [0.717, 1.165) is 15.6 Å². The lowest BCUT2D eigenvalue weighted by Crippen LogP contribution is -2.13. The van der Waals surface area contributed by atoms with Gasteiger partial charge in [0.2, 0.25) is 0 Å². The van der Waals surface area contributed by atoms with Gasteiger partial charge in [-0.2, -0.15) is 5.26 Å². The number of nitriles is 1. The van der Waals surface area contributed by atoms with E-state index in [1.165, 1.54) is 16.3 Å². The predicted octanol–water partition coefficient (Wildman–Crippen LogP) is 7.04. The molecule has 0 bridgehead atoms. The first-order chi connectivity index (χ1) is 16.0. The number of benzene rings is 4. The lowest BCUT2D eigenvalue weighted by atomic mass is 10.0. The number of nitrogens with one attached hydrogen (secondary N) is 1. The molecule has 0 unspecified atom stereocenters. The maximum absolute atomic E-state index is 12.5. The monoisotopic (exact) mass is 496 g/mol. The largest absolute Gasteiger partial charge is 0.488 e. The van der Waals surface area contributed by atoms with Crippen molar-refractivity contribution in [3.05, 3.63) is 112 Å². The molecule has 0 aromatic heterocycles. The second-order valence-corrected chi connectivity index (χ2v) is 8.40. The number of hydrogen-bond donors (Lipinski definition) is 1. The van der Waals surface area contributed by atoms with Crippen LogP contribution in [0.3, 0.4) is 0 Å². The second-order valence-electron chi connectivity index (χ2n) is 7.55. The van der Waals surface area contributed by atoms with Crippen molar-refractivity contribution < 1.29 is 9.53 Å². The molecule has 4 aromatic carbocycles. The van der Waals surface area contributed by atoms with Gasteiger partial charge < -0.3 is 10.1 Å². The van der Waals surface area contributed by atoms with Gasteiger partial charge in [-0.05, 0) is 75.1 Å². The van der Waals surface area contributed by atoms with Crippen molar-refractivity contribution in [1.29, 1.82) is 5.26 Å². The van der Waals surface area contributed by atoms with Crippen molar-refractivity contribution >= 4 is 44.4 Å². The first kappa shape index (κ1) is 22.3. The van der Waals surface area contributed by atoms with Crippen LogP contribution in [0.25, 0.3) is 16.8 Å². The number of aryl methyl sites for hydroxylation is 1. The van der Waals surface area contributed by atoms with E-state index in [4.69, 9.17) is 4.74 Å². The number of fused-ring (bicyclic) bond motifs is 1. The third-order valence-electron chi connectivity index (χ3n) is 5.31. The zero-order valence-electron chi connectivity index (χ0n) is 18.0.